The van der Waals surface area contributed by atoms with Crippen LogP contribution in [0.5, 0.6) is 0 Å². The fraction of sp³-hybridized carbons (Fsp3) is 0.143. The van der Waals surface area contributed by atoms with Crippen LogP contribution in [0, 0.1) is 6.92 Å². The standard InChI is InChI=1S/C7H7.3ClH.Hf/c1-7-5-3-2-4-6-7;;;;/h3-6H,1H3;3*1H;/q;;;;+3/p-3. The Labute approximate surface area is 81.5 Å². The minimum absolute atomic E-state index is 0.924. The first kappa shape index (κ1) is 10.0. The molecule has 0 aliphatic heterocycles. The van der Waals surface area contributed by atoms with E-state index < -0.39 is 16.4 Å². The first-order valence-electron chi connectivity index (χ1n) is 3.14. The molecule has 1 rings (SSSR count). The summed E-state index contributed by atoms with van der Waals surface area (Å²) in [6.45, 7) is 2.01. The van der Waals surface area contributed by atoms with Crippen molar-refractivity contribution < 1.29 is 16.4 Å². The van der Waals surface area contributed by atoms with Crippen LogP contribution in [-0.2, 0) is 16.4 Å². The summed E-state index contributed by atoms with van der Waals surface area (Å²) < 4.78 is 0.924. The number of hydrogen-bond acceptors (Lipinski definition) is 0. The molecule has 0 N–H and O–H groups in total. The number of hydrogen-bond donors (Lipinski definition) is 0. The van der Waals surface area contributed by atoms with E-state index in [1.54, 1.807) is 0 Å². The van der Waals surface area contributed by atoms with E-state index in [4.69, 9.17) is 25.7 Å². The van der Waals surface area contributed by atoms with E-state index in [2.05, 4.69) is 0 Å². The molecule has 0 aliphatic rings. The molecule has 60 valence electrons. The van der Waals surface area contributed by atoms with Crippen molar-refractivity contribution in [2.24, 2.45) is 0 Å². The summed E-state index contributed by atoms with van der Waals surface area (Å²) in [5, 5.41) is 0. The summed E-state index contributed by atoms with van der Waals surface area (Å²) in [6, 6.07) is 7.75. The molecule has 1 aromatic carbocycles. The number of benzene rings is 1. The molecule has 0 amide bonds. The molecule has 0 saturated heterocycles. The molecule has 0 aliphatic carbocycles. The Balaban J connectivity index is 2.99. The van der Waals surface area contributed by atoms with Crippen LogP contribution in [-0.4, -0.2) is 0 Å². The third-order valence-corrected chi connectivity index (χ3v) is 10.3. The van der Waals surface area contributed by atoms with Crippen molar-refractivity contribution in [1.82, 2.24) is 0 Å². The van der Waals surface area contributed by atoms with Crippen LogP contribution in [0.25, 0.3) is 0 Å². The van der Waals surface area contributed by atoms with Crippen molar-refractivity contribution >= 4 is 29.1 Å². The Morgan fingerprint density at radius 3 is 1.82 bits per heavy atom. The fourth-order valence-electron chi connectivity index (χ4n) is 0.743. The van der Waals surface area contributed by atoms with Gasteiger partial charge in [-0.1, -0.05) is 0 Å². The molecule has 0 unspecified atom stereocenters. The summed E-state index contributed by atoms with van der Waals surface area (Å²) in [7, 11) is 17.6. The molecule has 0 bridgehead atoms. The summed E-state index contributed by atoms with van der Waals surface area (Å²) in [4.78, 5) is 0. The van der Waals surface area contributed by atoms with Gasteiger partial charge < -0.3 is 0 Å². The van der Waals surface area contributed by atoms with Gasteiger partial charge in [-0.2, -0.15) is 0 Å². The Bertz CT molecular complexity index is 237. The molecule has 0 nitrogen and oxygen atoms in total. The van der Waals surface area contributed by atoms with E-state index in [1.165, 1.54) is 5.56 Å². The molecule has 0 aromatic heterocycles. The Morgan fingerprint density at radius 2 is 1.45 bits per heavy atom. The molecule has 0 spiro atoms. The average molecular weight is 376 g/mol. The normalized spacial score (nSPS) is 11.6. The summed E-state index contributed by atoms with van der Waals surface area (Å²) >= 11 is -3.44. The molecule has 11 heavy (non-hydrogen) atoms. The van der Waals surface area contributed by atoms with Crippen LogP contribution < -0.4 is 3.32 Å². The van der Waals surface area contributed by atoms with Crippen LogP contribution in [0.15, 0.2) is 24.3 Å². The van der Waals surface area contributed by atoms with E-state index >= 15 is 0 Å². The number of rotatable bonds is 1. The first-order valence-corrected chi connectivity index (χ1v) is 18.3. The molecular formula is C7H7Cl3Hf. The van der Waals surface area contributed by atoms with Gasteiger partial charge in [0.1, 0.15) is 0 Å². The van der Waals surface area contributed by atoms with Crippen molar-refractivity contribution in [2.45, 2.75) is 6.92 Å². The van der Waals surface area contributed by atoms with Crippen molar-refractivity contribution in [2.75, 3.05) is 0 Å². The van der Waals surface area contributed by atoms with Crippen LogP contribution >= 0.6 is 25.7 Å². The van der Waals surface area contributed by atoms with Crippen molar-refractivity contribution in [3.8, 4) is 0 Å². The van der Waals surface area contributed by atoms with Gasteiger partial charge in [0.05, 0.1) is 0 Å². The Morgan fingerprint density at radius 1 is 1.00 bits per heavy atom. The minimum atomic E-state index is -3.44. The maximum absolute atomic E-state index is 5.86. The van der Waals surface area contributed by atoms with Crippen molar-refractivity contribution in [1.29, 1.82) is 0 Å². The molecular weight excluding hydrogens is 369 g/mol. The van der Waals surface area contributed by atoms with Gasteiger partial charge in [0.2, 0.25) is 0 Å². The molecule has 0 heterocycles. The monoisotopic (exact) mass is 376 g/mol. The average Bonchev–Trinajstić information content (AvgIpc) is 1.86. The van der Waals surface area contributed by atoms with E-state index in [1.807, 2.05) is 31.2 Å². The van der Waals surface area contributed by atoms with E-state index in [0.717, 1.165) is 3.32 Å². The molecule has 0 radical (unpaired) electrons. The molecule has 0 saturated carbocycles. The van der Waals surface area contributed by atoms with Crippen LogP contribution in [0.3, 0.4) is 0 Å². The molecule has 0 fully saturated rings. The number of halogens is 3. The second-order valence-corrected chi connectivity index (χ2v) is 26.7. The van der Waals surface area contributed by atoms with Gasteiger partial charge in [0.25, 0.3) is 0 Å². The molecule has 0 atom stereocenters. The fourth-order valence-corrected chi connectivity index (χ4v) is 5.79. The zero-order chi connectivity index (χ0) is 8.48. The van der Waals surface area contributed by atoms with Crippen LogP contribution in [0.2, 0.25) is 0 Å². The van der Waals surface area contributed by atoms with Crippen LogP contribution in [0.1, 0.15) is 5.56 Å². The van der Waals surface area contributed by atoms with Gasteiger partial charge in [-0.15, -0.1) is 0 Å². The zero-order valence-electron chi connectivity index (χ0n) is 5.94. The molecule has 1 aromatic rings. The van der Waals surface area contributed by atoms with Gasteiger partial charge in [-0.25, -0.2) is 0 Å². The van der Waals surface area contributed by atoms with Crippen LogP contribution in [0.4, 0.5) is 0 Å². The second kappa shape index (κ2) is 3.78. The van der Waals surface area contributed by atoms with Gasteiger partial charge in [0.15, 0.2) is 0 Å². The summed E-state index contributed by atoms with van der Waals surface area (Å²) in [6.07, 6.45) is 0. The SMILES string of the molecule is Cc1cc[c]([Hf]([Cl])([Cl])[Cl])cc1. The second-order valence-electron chi connectivity index (χ2n) is 2.36. The van der Waals surface area contributed by atoms with E-state index in [0.29, 0.717) is 0 Å². The summed E-state index contributed by atoms with van der Waals surface area (Å²) in [5.41, 5.74) is 1.19. The predicted molar refractivity (Wildman–Crippen MR) is 48.4 cm³/mol. The van der Waals surface area contributed by atoms with Crippen molar-refractivity contribution in [3.05, 3.63) is 29.8 Å². The maximum atomic E-state index is 5.86. The quantitative estimate of drug-likeness (QED) is 0.661. The third kappa shape index (κ3) is 3.06. The summed E-state index contributed by atoms with van der Waals surface area (Å²) in [5.74, 6) is 0. The number of aryl methyl sites for hydroxylation is 1. The van der Waals surface area contributed by atoms with Gasteiger partial charge >= 0.3 is 82.2 Å². The van der Waals surface area contributed by atoms with E-state index in [-0.39, 0.29) is 0 Å². The van der Waals surface area contributed by atoms with E-state index in [9.17, 15) is 0 Å². The van der Waals surface area contributed by atoms with Crippen molar-refractivity contribution in [3.63, 3.8) is 0 Å². The predicted octanol–water partition coefficient (Wildman–Crippen LogP) is 3.24. The van der Waals surface area contributed by atoms with Gasteiger partial charge in [-0.05, 0) is 0 Å². The Kier molecular flexibility index (Phi) is 3.45. The Hall–Kier alpha value is 0.960. The molecule has 4 heteroatoms. The topological polar surface area (TPSA) is 0 Å². The first-order chi connectivity index (χ1) is 5.00. The van der Waals surface area contributed by atoms with Gasteiger partial charge in [0, 0.05) is 0 Å². The zero-order valence-corrected chi connectivity index (χ0v) is 11.8. The van der Waals surface area contributed by atoms with Gasteiger partial charge in [-0.3, -0.25) is 0 Å². The third-order valence-electron chi connectivity index (χ3n) is 1.38.